The molecule has 0 bridgehead atoms. The van der Waals surface area contributed by atoms with Crippen LogP contribution in [0.1, 0.15) is 25.7 Å². The smallest absolute Gasteiger partial charge is 0.268 e. The summed E-state index contributed by atoms with van der Waals surface area (Å²) in [6.07, 6.45) is 0. The molecule has 21 heavy (non-hydrogen) atoms. The zero-order valence-electron chi connectivity index (χ0n) is 12.4. The number of anilines is 1. The molecule has 0 saturated carbocycles. The van der Waals surface area contributed by atoms with Gasteiger partial charge in [-0.2, -0.15) is 0 Å². The number of aryl methyl sites for hydroxylation is 2. The van der Waals surface area contributed by atoms with Crippen molar-refractivity contribution >= 4 is 22.9 Å². The molecule has 0 aliphatic heterocycles. The van der Waals surface area contributed by atoms with E-state index in [0.29, 0.717) is 11.4 Å². The number of nitrogens with two attached hydrogens (primary N) is 1. The SMILES string of the molecule is Cc1ccc(N(C)C(=O)c2cc(C)c(C#CCN)s2)cc1. The number of hydrogen-bond donors (Lipinski definition) is 1. The quantitative estimate of drug-likeness (QED) is 0.867. The molecule has 2 rings (SSSR count). The first-order valence-corrected chi connectivity index (χ1v) is 7.48. The van der Waals surface area contributed by atoms with Crippen LogP contribution in [-0.2, 0) is 0 Å². The molecule has 0 saturated heterocycles. The van der Waals surface area contributed by atoms with Gasteiger partial charge in [0, 0.05) is 12.7 Å². The van der Waals surface area contributed by atoms with Crippen molar-refractivity contribution in [3.63, 3.8) is 0 Å². The minimum atomic E-state index is -0.0206. The van der Waals surface area contributed by atoms with E-state index in [-0.39, 0.29) is 5.91 Å². The maximum atomic E-state index is 12.5. The van der Waals surface area contributed by atoms with Crippen LogP contribution < -0.4 is 10.6 Å². The summed E-state index contributed by atoms with van der Waals surface area (Å²) in [4.78, 5) is 15.8. The lowest BCUT2D eigenvalue weighted by Gasteiger charge is -2.16. The topological polar surface area (TPSA) is 46.3 Å². The molecule has 0 unspecified atom stereocenters. The third-order valence-corrected chi connectivity index (χ3v) is 4.30. The summed E-state index contributed by atoms with van der Waals surface area (Å²) in [5.74, 6) is 5.81. The summed E-state index contributed by atoms with van der Waals surface area (Å²) in [6, 6.07) is 9.78. The molecule has 1 amide bonds. The largest absolute Gasteiger partial charge is 0.320 e. The van der Waals surface area contributed by atoms with E-state index in [1.165, 1.54) is 16.9 Å². The van der Waals surface area contributed by atoms with E-state index in [1.807, 2.05) is 44.2 Å². The predicted molar refractivity (Wildman–Crippen MR) is 88.9 cm³/mol. The Morgan fingerprint density at radius 1 is 1.29 bits per heavy atom. The Balaban J connectivity index is 2.25. The maximum absolute atomic E-state index is 12.5. The first-order chi connectivity index (χ1) is 10.0. The monoisotopic (exact) mass is 298 g/mol. The highest BCUT2D eigenvalue weighted by Crippen LogP contribution is 2.24. The van der Waals surface area contributed by atoms with Crippen LogP contribution in [-0.4, -0.2) is 19.5 Å². The molecule has 1 aromatic heterocycles. The zero-order chi connectivity index (χ0) is 15.4. The van der Waals surface area contributed by atoms with Gasteiger partial charge in [-0.1, -0.05) is 29.5 Å². The molecule has 3 nitrogen and oxygen atoms in total. The van der Waals surface area contributed by atoms with Crippen LogP contribution >= 0.6 is 11.3 Å². The van der Waals surface area contributed by atoms with E-state index in [9.17, 15) is 4.79 Å². The first-order valence-electron chi connectivity index (χ1n) is 6.67. The van der Waals surface area contributed by atoms with Gasteiger partial charge in [-0.25, -0.2) is 0 Å². The van der Waals surface area contributed by atoms with Crippen molar-refractivity contribution in [1.29, 1.82) is 0 Å². The lowest BCUT2D eigenvalue weighted by molar-refractivity contribution is 0.0997. The Morgan fingerprint density at radius 2 is 1.95 bits per heavy atom. The molecule has 108 valence electrons. The lowest BCUT2D eigenvalue weighted by atomic mass is 10.2. The summed E-state index contributed by atoms with van der Waals surface area (Å²) in [7, 11) is 1.79. The Hall–Kier alpha value is -2.09. The molecule has 0 aliphatic carbocycles. The predicted octanol–water partition coefficient (Wildman–Crippen LogP) is 2.95. The van der Waals surface area contributed by atoms with Gasteiger partial charge < -0.3 is 10.6 Å². The Kier molecular flexibility index (Phi) is 4.79. The van der Waals surface area contributed by atoms with E-state index < -0.39 is 0 Å². The molecule has 2 aromatic rings. The van der Waals surface area contributed by atoms with Crippen molar-refractivity contribution in [3.8, 4) is 11.8 Å². The number of benzene rings is 1. The van der Waals surface area contributed by atoms with Gasteiger partial charge in [0.05, 0.1) is 16.3 Å². The van der Waals surface area contributed by atoms with Crippen LogP contribution in [0.4, 0.5) is 5.69 Å². The molecule has 2 N–H and O–H groups in total. The van der Waals surface area contributed by atoms with Crippen molar-refractivity contribution in [2.75, 3.05) is 18.5 Å². The maximum Gasteiger partial charge on any atom is 0.268 e. The van der Waals surface area contributed by atoms with Gasteiger partial charge in [0.1, 0.15) is 0 Å². The van der Waals surface area contributed by atoms with E-state index in [2.05, 4.69) is 11.8 Å². The van der Waals surface area contributed by atoms with Gasteiger partial charge >= 0.3 is 0 Å². The normalized spacial score (nSPS) is 9.90. The minimum Gasteiger partial charge on any atom is -0.320 e. The number of hydrogen-bond acceptors (Lipinski definition) is 3. The Labute approximate surface area is 129 Å². The fourth-order valence-corrected chi connectivity index (χ4v) is 2.92. The van der Waals surface area contributed by atoms with Crippen molar-refractivity contribution in [3.05, 3.63) is 51.2 Å². The average molecular weight is 298 g/mol. The summed E-state index contributed by atoms with van der Waals surface area (Å²) < 4.78 is 0. The summed E-state index contributed by atoms with van der Waals surface area (Å²) in [6.45, 7) is 4.31. The highest BCUT2D eigenvalue weighted by atomic mass is 32.1. The number of nitrogens with zero attached hydrogens (tertiary/aromatic N) is 1. The van der Waals surface area contributed by atoms with Gasteiger partial charge in [0.25, 0.3) is 5.91 Å². The molecule has 0 atom stereocenters. The second-order valence-electron chi connectivity index (χ2n) is 4.83. The van der Waals surface area contributed by atoms with Crippen LogP contribution in [0.25, 0.3) is 0 Å². The Morgan fingerprint density at radius 3 is 2.57 bits per heavy atom. The minimum absolute atomic E-state index is 0.0206. The number of rotatable bonds is 2. The molecule has 4 heteroatoms. The van der Waals surface area contributed by atoms with Gasteiger partial charge in [-0.15, -0.1) is 11.3 Å². The number of amides is 1. The number of carbonyl (C=O) groups is 1. The van der Waals surface area contributed by atoms with Crippen molar-refractivity contribution < 1.29 is 4.79 Å². The highest BCUT2D eigenvalue weighted by molar-refractivity contribution is 7.14. The van der Waals surface area contributed by atoms with E-state index in [4.69, 9.17) is 5.73 Å². The molecule has 0 aliphatic rings. The molecule has 1 aromatic carbocycles. The lowest BCUT2D eigenvalue weighted by Crippen LogP contribution is -2.25. The van der Waals surface area contributed by atoms with Crippen molar-refractivity contribution in [1.82, 2.24) is 0 Å². The number of thiophene rings is 1. The van der Waals surface area contributed by atoms with Gasteiger partial charge in [0.2, 0.25) is 0 Å². The van der Waals surface area contributed by atoms with Crippen LogP contribution in [0, 0.1) is 25.7 Å². The summed E-state index contributed by atoms with van der Waals surface area (Å²) in [5, 5.41) is 0. The highest BCUT2D eigenvalue weighted by Gasteiger charge is 2.17. The fraction of sp³-hybridized carbons (Fsp3) is 0.235. The third kappa shape index (κ3) is 3.52. The summed E-state index contributed by atoms with van der Waals surface area (Å²) in [5.41, 5.74) is 8.45. The van der Waals surface area contributed by atoms with Gasteiger partial charge in [0.15, 0.2) is 0 Å². The van der Waals surface area contributed by atoms with Crippen LogP contribution in [0.2, 0.25) is 0 Å². The molecule has 1 heterocycles. The molecular formula is C17H18N2OS. The van der Waals surface area contributed by atoms with Crippen LogP contribution in [0.5, 0.6) is 0 Å². The van der Waals surface area contributed by atoms with E-state index >= 15 is 0 Å². The standard InChI is InChI=1S/C17H18N2OS/c1-12-6-8-14(9-7-12)19(3)17(20)16-11-13(2)15(21-16)5-4-10-18/h6-9,11H,10,18H2,1-3H3. The second-order valence-corrected chi connectivity index (χ2v) is 5.88. The molecule has 0 radical (unpaired) electrons. The van der Waals surface area contributed by atoms with Crippen molar-refractivity contribution in [2.45, 2.75) is 13.8 Å². The van der Waals surface area contributed by atoms with Gasteiger partial charge in [-0.05, 0) is 37.6 Å². The first kappa shape index (κ1) is 15.3. The van der Waals surface area contributed by atoms with Gasteiger partial charge in [-0.3, -0.25) is 4.79 Å². The third-order valence-electron chi connectivity index (χ3n) is 3.16. The molecular weight excluding hydrogens is 280 g/mol. The van der Waals surface area contributed by atoms with Crippen molar-refractivity contribution in [2.24, 2.45) is 5.73 Å². The second kappa shape index (κ2) is 6.57. The average Bonchev–Trinajstić information content (AvgIpc) is 2.85. The zero-order valence-corrected chi connectivity index (χ0v) is 13.3. The molecule has 0 spiro atoms. The van der Waals surface area contributed by atoms with E-state index in [0.717, 1.165) is 16.1 Å². The summed E-state index contributed by atoms with van der Waals surface area (Å²) >= 11 is 1.41. The fourth-order valence-electron chi connectivity index (χ4n) is 1.89. The molecule has 0 fully saturated rings. The number of carbonyl (C=O) groups excluding carboxylic acids is 1. The van der Waals surface area contributed by atoms with Crippen LogP contribution in [0.3, 0.4) is 0 Å². The Bertz CT molecular complexity index is 705. The van der Waals surface area contributed by atoms with E-state index in [1.54, 1.807) is 11.9 Å². The van der Waals surface area contributed by atoms with Crippen LogP contribution in [0.15, 0.2) is 30.3 Å².